The van der Waals surface area contributed by atoms with Crippen LogP contribution in [0.25, 0.3) is 0 Å². The summed E-state index contributed by atoms with van der Waals surface area (Å²) >= 11 is 0. The largest absolute Gasteiger partial charge is 0.313 e. The van der Waals surface area contributed by atoms with Gasteiger partial charge in [0.1, 0.15) is 0 Å². The molecule has 2 rings (SSSR count). The molecule has 0 aliphatic heterocycles. The van der Waals surface area contributed by atoms with E-state index in [0.717, 1.165) is 30.3 Å². The molecule has 0 aromatic carbocycles. The predicted molar refractivity (Wildman–Crippen MR) is 61.2 cm³/mol. The number of rotatable bonds is 2. The molecule has 2 saturated carbocycles. The van der Waals surface area contributed by atoms with Crippen molar-refractivity contribution < 1.29 is 0 Å². The third-order valence-corrected chi connectivity index (χ3v) is 5.32. The topological polar surface area (TPSA) is 12.0 Å². The van der Waals surface area contributed by atoms with Crippen LogP contribution in [0, 0.1) is 23.2 Å². The minimum absolute atomic E-state index is 0.582. The first-order valence-electron chi connectivity index (χ1n) is 6.34. The summed E-state index contributed by atoms with van der Waals surface area (Å²) in [6.45, 7) is 10.8. The van der Waals surface area contributed by atoms with Gasteiger partial charge in [0.15, 0.2) is 0 Å². The summed E-state index contributed by atoms with van der Waals surface area (Å²) in [4.78, 5) is 0. The zero-order valence-corrected chi connectivity index (χ0v) is 10.1. The molecule has 5 atom stereocenters. The van der Waals surface area contributed by atoms with E-state index in [9.17, 15) is 0 Å². The van der Waals surface area contributed by atoms with E-state index in [1.165, 1.54) is 19.3 Å². The van der Waals surface area contributed by atoms with Crippen LogP contribution in [0.5, 0.6) is 0 Å². The number of nitrogens with one attached hydrogen (secondary N) is 1. The van der Waals surface area contributed by atoms with Crippen molar-refractivity contribution >= 4 is 0 Å². The Hall–Kier alpha value is -0.0400. The second-order valence-electron chi connectivity index (χ2n) is 5.75. The van der Waals surface area contributed by atoms with E-state index in [0.29, 0.717) is 5.41 Å². The molecule has 0 heterocycles. The maximum atomic E-state index is 3.75. The lowest BCUT2D eigenvalue weighted by molar-refractivity contribution is 0.130. The first-order chi connectivity index (χ1) is 6.61. The quantitative estimate of drug-likeness (QED) is 0.714. The van der Waals surface area contributed by atoms with E-state index in [1.807, 2.05) is 0 Å². The van der Waals surface area contributed by atoms with Crippen molar-refractivity contribution in [2.24, 2.45) is 23.2 Å². The van der Waals surface area contributed by atoms with E-state index >= 15 is 0 Å². The first-order valence-corrected chi connectivity index (χ1v) is 6.34. The van der Waals surface area contributed by atoms with Gasteiger partial charge in [-0.1, -0.05) is 34.1 Å². The molecule has 2 aliphatic rings. The molecule has 1 nitrogen and oxygen atoms in total. The van der Waals surface area contributed by atoms with Crippen molar-refractivity contribution in [3.05, 3.63) is 0 Å². The molecule has 2 fully saturated rings. The summed E-state index contributed by atoms with van der Waals surface area (Å²) in [6, 6.07) is 0.797. The van der Waals surface area contributed by atoms with Crippen LogP contribution < -0.4 is 5.32 Å². The molecule has 0 unspecified atom stereocenters. The van der Waals surface area contributed by atoms with Gasteiger partial charge in [-0.2, -0.15) is 0 Å². The Labute approximate surface area is 88.7 Å². The van der Waals surface area contributed by atoms with E-state index in [4.69, 9.17) is 0 Å². The maximum Gasteiger partial charge on any atom is 0.0154 e. The third kappa shape index (κ3) is 1.25. The lowest BCUT2D eigenvalue weighted by Gasteiger charge is -2.41. The SMILES string of the molecule is CCN[C@H]1[C@@H]2CCC[C@@]1(C)[C@@H](C)[C@H]2C. The Balaban J connectivity index is 2.25. The lowest BCUT2D eigenvalue weighted by Crippen LogP contribution is -2.47. The van der Waals surface area contributed by atoms with Crippen molar-refractivity contribution in [3.8, 4) is 0 Å². The van der Waals surface area contributed by atoms with E-state index in [1.54, 1.807) is 0 Å². The zero-order valence-electron chi connectivity index (χ0n) is 10.1. The molecule has 0 aromatic heterocycles. The average Bonchev–Trinajstić information content (AvgIpc) is 2.29. The fraction of sp³-hybridized carbons (Fsp3) is 1.00. The van der Waals surface area contributed by atoms with Gasteiger partial charge < -0.3 is 5.32 Å². The Kier molecular flexibility index (Phi) is 2.63. The maximum absolute atomic E-state index is 3.75. The van der Waals surface area contributed by atoms with Gasteiger partial charge in [-0.25, -0.2) is 0 Å². The summed E-state index contributed by atoms with van der Waals surface area (Å²) in [7, 11) is 0. The number of hydrogen-bond donors (Lipinski definition) is 1. The molecule has 0 saturated heterocycles. The first kappa shape index (κ1) is 10.5. The van der Waals surface area contributed by atoms with Gasteiger partial charge >= 0.3 is 0 Å². The molecule has 1 heteroatoms. The van der Waals surface area contributed by atoms with Gasteiger partial charge in [-0.05, 0) is 42.6 Å². The highest BCUT2D eigenvalue weighted by molar-refractivity contribution is 5.07. The lowest BCUT2D eigenvalue weighted by atomic mass is 9.70. The van der Waals surface area contributed by atoms with Crippen LogP contribution in [0.2, 0.25) is 0 Å². The zero-order chi connectivity index (χ0) is 10.3. The van der Waals surface area contributed by atoms with Gasteiger partial charge in [0, 0.05) is 6.04 Å². The highest BCUT2D eigenvalue weighted by Crippen LogP contribution is 2.57. The van der Waals surface area contributed by atoms with E-state index in [-0.39, 0.29) is 0 Å². The van der Waals surface area contributed by atoms with Crippen LogP contribution in [0.3, 0.4) is 0 Å². The summed E-state index contributed by atoms with van der Waals surface area (Å²) in [6.07, 6.45) is 4.35. The summed E-state index contributed by atoms with van der Waals surface area (Å²) in [5.41, 5.74) is 0.582. The highest BCUT2D eigenvalue weighted by Gasteiger charge is 2.55. The van der Waals surface area contributed by atoms with Crippen LogP contribution in [-0.4, -0.2) is 12.6 Å². The van der Waals surface area contributed by atoms with E-state index in [2.05, 4.69) is 33.0 Å². The third-order valence-electron chi connectivity index (χ3n) is 5.32. The van der Waals surface area contributed by atoms with E-state index < -0.39 is 0 Å². The fourth-order valence-corrected chi connectivity index (χ4v) is 4.18. The Morgan fingerprint density at radius 3 is 2.64 bits per heavy atom. The normalized spacial score (nSPS) is 52.3. The molecular weight excluding hydrogens is 170 g/mol. The van der Waals surface area contributed by atoms with Gasteiger partial charge in [0.25, 0.3) is 0 Å². The van der Waals surface area contributed by atoms with Crippen molar-refractivity contribution in [1.29, 1.82) is 0 Å². The fourth-order valence-electron chi connectivity index (χ4n) is 4.18. The van der Waals surface area contributed by atoms with Crippen LogP contribution in [0.4, 0.5) is 0 Å². The second kappa shape index (κ2) is 3.52. The molecule has 2 bridgehead atoms. The standard InChI is InChI=1S/C13H25N/c1-5-14-12-11-7-6-8-13(12,4)10(3)9(11)2/h9-12,14H,5-8H2,1-4H3/t9-,10+,11-,12+,13+/m1/s1. The summed E-state index contributed by atoms with van der Waals surface area (Å²) < 4.78 is 0. The smallest absolute Gasteiger partial charge is 0.0154 e. The van der Waals surface area contributed by atoms with Crippen molar-refractivity contribution in [2.45, 2.75) is 53.0 Å². The summed E-state index contributed by atoms with van der Waals surface area (Å²) in [5.74, 6) is 2.77. The van der Waals surface area contributed by atoms with Gasteiger partial charge in [-0.15, -0.1) is 0 Å². The van der Waals surface area contributed by atoms with Crippen molar-refractivity contribution in [2.75, 3.05) is 6.54 Å². The average molecular weight is 195 g/mol. The Bertz CT molecular complexity index is 213. The van der Waals surface area contributed by atoms with Gasteiger partial charge in [-0.3, -0.25) is 0 Å². The van der Waals surface area contributed by atoms with Crippen LogP contribution in [-0.2, 0) is 0 Å². The molecule has 1 N–H and O–H groups in total. The molecule has 82 valence electrons. The molecule has 2 aliphatic carbocycles. The molecule has 0 spiro atoms. The molecule has 0 amide bonds. The number of hydrogen-bond acceptors (Lipinski definition) is 1. The molecular formula is C13H25N. The van der Waals surface area contributed by atoms with Gasteiger partial charge in [0.05, 0.1) is 0 Å². The van der Waals surface area contributed by atoms with Crippen LogP contribution in [0.1, 0.15) is 47.0 Å². The minimum Gasteiger partial charge on any atom is -0.313 e. The van der Waals surface area contributed by atoms with Crippen molar-refractivity contribution in [1.82, 2.24) is 5.32 Å². The number of fused-ring (bicyclic) bond motifs is 2. The minimum atomic E-state index is 0.582. The monoisotopic (exact) mass is 195 g/mol. The van der Waals surface area contributed by atoms with Crippen LogP contribution >= 0.6 is 0 Å². The molecule has 14 heavy (non-hydrogen) atoms. The van der Waals surface area contributed by atoms with Crippen LogP contribution in [0.15, 0.2) is 0 Å². The predicted octanol–water partition coefficient (Wildman–Crippen LogP) is 3.06. The summed E-state index contributed by atoms with van der Waals surface area (Å²) in [5, 5.41) is 3.75. The highest BCUT2D eigenvalue weighted by atomic mass is 15.0. The Morgan fingerprint density at radius 1 is 1.36 bits per heavy atom. The van der Waals surface area contributed by atoms with Crippen molar-refractivity contribution in [3.63, 3.8) is 0 Å². The molecule has 0 aromatic rings. The Morgan fingerprint density at radius 2 is 2.07 bits per heavy atom. The second-order valence-corrected chi connectivity index (χ2v) is 5.75. The van der Waals surface area contributed by atoms with Gasteiger partial charge in [0.2, 0.25) is 0 Å². The molecule has 0 radical (unpaired) electrons.